The lowest BCUT2D eigenvalue weighted by Crippen LogP contribution is -2.06. The molecule has 0 aliphatic rings. The van der Waals surface area contributed by atoms with E-state index in [0.29, 0.717) is 17.2 Å². The molecule has 0 spiro atoms. The van der Waals surface area contributed by atoms with Crippen molar-refractivity contribution in [1.29, 1.82) is 0 Å². The molecule has 4 rings (SSSR count). The molecule has 9 heteroatoms. The predicted molar refractivity (Wildman–Crippen MR) is 92.3 cm³/mol. The largest absolute Gasteiger partial charge is 0.321 e. The molecule has 0 saturated heterocycles. The summed E-state index contributed by atoms with van der Waals surface area (Å²) in [5, 5.41) is 12.3. The summed E-state index contributed by atoms with van der Waals surface area (Å²) in [6, 6.07) is 4.89. The molecule has 0 saturated carbocycles. The van der Waals surface area contributed by atoms with E-state index in [2.05, 4.69) is 25.5 Å². The Morgan fingerprint density at radius 2 is 2.08 bits per heavy atom. The summed E-state index contributed by atoms with van der Waals surface area (Å²) in [5.41, 5.74) is 1.81. The van der Waals surface area contributed by atoms with E-state index < -0.39 is 5.82 Å². The van der Waals surface area contributed by atoms with Gasteiger partial charge in [0.2, 0.25) is 5.95 Å². The van der Waals surface area contributed by atoms with Crippen LogP contribution in [-0.2, 0) is 13.6 Å². The van der Waals surface area contributed by atoms with E-state index in [0.717, 1.165) is 11.1 Å². The van der Waals surface area contributed by atoms with Crippen LogP contribution in [0, 0.1) is 5.82 Å². The van der Waals surface area contributed by atoms with Gasteiger partial charge < -0.3 is 5.32 Å². The second-order valence-electron chi connectivity index (χ2n) is 5.52. The Hall–Kier alpha value is -3.00. The van der Waals surface area contributed by atoms with E-state index in [9.17, 15) is 4.39 Å². The molecule has 1 N–H and O–H groups in total. The number of rotatable bonds is 4. The molecule has 0 aliphatic carbocycles. The highest BCUT2D eigenvalue weighted by Crippen LogP contribution is 2.21. The third-order valence-corrected chi connectivity index (χ3v) is 3.98. The molecule has 0 fully saturated rings. The molecule has 126 valence electrons. The van der Waals surface area contributed by atoms with E-state index in [1.54, 1.807) is 40.1 Å². The van der Waals surface area contributed by atoms with Gasteiger partial charge in [0.1, 0.15) is 5.82 Å². The Kier molecular flexibility index (Phi) is 3.81. The number of benzene rings is 1. The van der Waals surface area contributed by atoms with Gasteiger partial charge in [-0.15, -0.1) is 0 Å². The van der Waals surface area contributed by atoms with Crippen LogP contribution in [0.3, 0.4) is 0 Å². The van der Waals surface area contributed by atoms with Crippen molar-refractivity contribution in [3.63, 3.8) is 0 Å². The Morgan fingerprint density at radius 3 is 2.88 bits per heavy atom. The van der Waals surface area contributed by atoms with Crippen LogP contribution in [0.2, 0.25) is 5.02 Å². The quantitative estimate of drug-likeness (QED) is 0.607. The first-order valence-corrected chi connectivity index (χ1v) is 7.85. The van der Waals surface area contributed by atoms with Gasteiger partial charge in [-0.25, -0.2) is 14.1 Å². The van der Waals surface area contributed by atoms with Crippen molar-refractivity contribution in [1.82, 2.24) is 29.5 Å². The molecule has 3 aromatic heterocycles. The van der Waals surface area contributed by atoms with E-state index >= 15 is 0 Å². The standard InChI is InChI=1S/C16H13ClFN7/c1-24-9-12(7-20-24)22-16-19-5-11-6-21-25(15(11)23-16)8-10-3-2-4-13(17)14(10)18/h2-7,9H,8H2,1H3,(H,19,22,23). The number of nitrogens with one attached hydrogen (secondary N) is 1. The van der Waals surface area contributed by atoms with E-state index in [-0.39, 0.29) is 11.6 Å². The summed E-state index contributed by atoms with van der Waals surface area (Å²) in [5.74, 6) is -0.0376. The first kappa shape index (κ1) is 15.5. The zero-order chi connectivity index (χ0) is 17.4. The number of aromatic nitrogens is 6. The summed E-state index contributed by atoms with van der Waals surface area (Å²) >= 11 is 5.84. The molecular weight excluding hydrogens is 345 g/mol. The van der Waals surface area contributed by atoms with Gasteiger partial charge in [-0.05, 0) is 6.07 Å². The summed E-state index contributed by atoms with van der Waals surface area (Å²) in [6.07, 6.45) is 6.79. The fourth-order valence-corrected chi connectivity index (χ4v) is 2.68. The van der Waals surface area contributed by atoms with Crippen molar-refractivity contribution in [3.05, 3.63) is 59.4 Å². The maximum atomic E-state index is 14.1. The minimum absolute atomic E-state index is 0.0857. The van der Waals surface area contributed by atoms with Gasteiger partial charge in [0.05, 0.1) is 35.0 Å². The molecule has 3 heterocycles. The van der Waals surface area contributed by atoms with Gasteiger partial charge in [0.15, 0.2) is 5.65 Å². The summed E-state index contributed by atoms with van der Waals surface area (Å²) in [6.45, 7) is 0.221. The first-order valence-electron chi connectivity index (χ1n) is 7.47. The third kappa shape index (κ3) is 3.03. The Labute approximate surface area is 147 Å². The highest BCUT2D eigenvalue weighted by Gasteiger charge is 2.11. The van der Waals surface area contributed by atoms with Crippen LogP contribution in [0.25, 0.3) is 11.0 Å². The van der Waals surface area contributed by atoms with Crippen LogP contribution in [0.15, 0.2) is 43.0 Å². The van der Waals surface area contributed by atoms with Crippen molar-refractivity contribution in [3.8, 4) is 0 Å². The fraction of sp³-hybridized carbons (Fsp3) is 0.125. The normalized spacial score (nSPS) is 11.2. The van der Waals surface area contributed by atoms with Crippen LogP contribution in [0.1, 0.15) is 5.56 Å². The minimum atomic E-state index is -0.449. The first-order chi connectivity index (χ1) is 12.1. The number of hydrogen-bond donors (Lipinski definition) is 1. The second-order valence-corrected chi connectivity index (χ2v) is 5.92. The monoisotopic (exact) mass is 357 g/mol. The molecule has 25 heavy (non-hydrogen) atoms. The van der Waals surface area contributed by atoms with Gasteiger partial charge in [0.25, 0.3) is 0 Å². The zero-order valence-electron chi connectivity index (χ0n) is 13.2. The predicted octanol–water partition coefficient (Wildman–Crippen LogP) is 3.14. The van der Waals surface area contributed by atoms with Crippen LogP contribution in [0.5, 0.6) is 0 Å². The number of anilines is 2. The Balaban J connectivity index is 1.67. The topological polar surface area (TPSA) is 73.5 Å². The molecule has 0 atom stereocenters. The number of aryl methyl sites for hydroxylation is 1. The fourth-order valence-electron chi connectivity index (χ4n) is 2.49. The van der Waals surface area contributed by atoms with Crippen LogP contribution in [0.4, 0.5) is 16.0 Å². The molecule has 1 aromatic carbocycles. The van der Waals surface area contributed by atoms with Crippen LogP contribution >= 0.6 is 11.6 Å². The Bertz CT molecular complexity index is 1060. The lowest BCUT2D eigenvalue weighted by Gasteiger charge is -2.07. The molecule has 7 nitrogen and oxygen atoms in total. The maximum Gasteiger partial charge on any atom is 0.229 e. The lowest BCUT2D eigenvalue weighted by atomic mass is 10.2. The van der Waals surface area contributed by atoms with E-state index in [4.69, 9.17) is 11.6 Å². The number of halogens is 2. The van der Waals surface area contributed by atoms with Crippen molar-refractivity contribution in [2.75, 3.05) is 5.32 Å². The SMILES string of the molecule is Cn1cc(Nc2ncc3cnn(Cc4cccc(Cl)c4F)c3n2)cn1. The second kappa shape index (κ2) is 6.14. The molecule has 0 aliphatic heterocycles. The van der Waals surface area contributed by atoms with Crippen molar-refractivity contribution in [2.45, 2.75) is 6.54 Å². The van der Waals surface area contributed by atoms with Gasteiger partial charge in [0, 0.05) is 25.0 Å². The third-order valence-electron chi connectivity index (χ3n) is 3.69. The van der Waals surface area contributed by atoms with Crippen LogP contribution < -0.4 is 5.32 Å². The smallest absolute Gasteiger partial charge is 0.229 e. The van der Waals surface area contributed by atoms with Crippen molar-refractivity contribution in [2.24, 2.45) is 7.05 Å². The van der Waals surface area contributed by atoms with Gasteiger partial charge >= 0.3 is 0 Å². The van der Waals surface area contributed by atoms with Crippen molar-refractivity contribution >= 4 is 34.3 Å². The van der Waals surface area contributed by atoms with Crippen molar-refractivity contribution < 1.29 is 4.39 Å². The molecule has 4 aromatic rings. The highest BCUT2D eigenvalue weighted by molar-refractivity contribution is 6.30. The van der Waals surface area contributed by atoms with Gasteiger partial charge in [-0.1, -0.05) is 23.7 Å². The summed E-state index contributed by atoms with van der Waals surface area (Å²) in [4.78, 5) is 8.73. The van der Waals surface area contributed by atoms with Gasteiger partial charge in [-0.3, -0.25) is 4.68 Å². The Morgan fingerprint density at radius 1 is 1.20 bits per heavy atom. The number of nitrogens with zero attached hydrogens (tertiary/aromatic N) is 6. The lowest BCUT2D eigenvalue weighted by molar-refractivity contribution is 0.589. The van der Waals surface area contributed by atoms with Gasteiger partial charge in [-0.2, -0.15) is 15.2 Å². The van der Waals surface area contributed by atoms with E-state index in [1.165, 1.54) is 6.07 Å². The van der Waals surface area contributed by atoms with Crippen LogP contribution in [-0.4, -0.2) is 29.5 Å². The molecular formula is C16H13ClFN7. The maximum absolute atomic E-state index is 14.1. The molecule has 0 radical (unpaired) electrons. The minimum Gasteiger partial charge on any atom is -0.321 e. The summed E-state index contributed by atoms with van der Waals surface area (Å²) < 4.78 is 17.4. The zero-order valence-corrected chi connectivity index (χ0v) is 13.9. The number of fused-ring (bicyclic) bond motifs is 1. The molecule has 0 unspecified atom stereocenters. The average molecular weight is 358 g/mol. The molecule has 0 amide bonds. The van der Waals surface area contributed by atoms with E-state index in [1.807, 2.05) is 13.2 Å². The number of hydrogen-bond acceptors (Lipinski definition) is 5. The highest BCUT2D eigenvalue weighted by atomic mass is 35.5. The summed E-state index contributed by atoms with van der Waals surface area (Å²) in [7, 11) is 1.82. The molecule has 0 bridgehead atoms. The average Bonchev–Trinajstić information content (AvgIpc) is 3.18.